The summed E-state index contributed by atoms with van der Waals surface area (Å²) in [4.78, 5) is 25.9. The molecule has 2 amide bonds. The van der Waals surface area contributed by atoms with Crippen molar-refractivity contribution >= 4 is 18.0 Å². The SMILES string of the molecule is C=C/C(N)=C(C=N)\C=C(/C)OC(C)CCN1C(=O)c2ccccc2C1=O. The third kappa shape index (κ3) is 4.08. The van der Waals surface area contributed by atoms with E-state index in [2.05, 4.69) is 6.58 Å². The van der Waals surface area contributed by atoms with Gasteiger partial charge in [0.2, 0.25) is 0 Å². The van der Waals surface area contributed by atoms with E-state index in [1.807, 2.05) is 6.92 Å². The molecule has 1 aromatic rings. The molecule has 6 nitrogen and oxygen atoms in total. The smallest absolute Gasteiger partial charge is 0.261 e. The van der Waals surface area contributed by atoms with Gasteiger partial charge in [-0.3, -0.25) is 14.5 Å². The monoisotopic (exact) mass is 353 g/mol. The van der Waals surface area contributed by atoms with Crippen LogP contribution in [0.1, 0.15) is 41.0 Å². The van der Waals surface area contributed by atoms with Crippen LogP contribution in [0.4, 0.5) is 0 Å². The van der Waals surface area contributed by atoms with Crippen LogP contribution in [0.2, 0.25) is 0 Å². The number of amides is 2. The number of rotatable bonds is 8. The Morgan fingerprint density at radius 3 is 2.38 bits per heavy atom. The van der Waals surface area contributed by atoms with Gasteiger partial charge in [-0.25, -0.2) is 0 Å². The molecule has 0 bridgehead atoms. The number of nitrogens with zero attached hydrogens (tertiary/aromatic N) is 1. The molecular weight excluding hydrogens is 330 g/mol. The van der Waals surface area contributed by atoms with Crippen molar-refractivity contribution in [2.24, 2.45) is 5.73 Å². The third-order valence-corrected chi connectivity index (χ3v) is 4.09. The Morgan fingerprint density at radius 2 is 1.88 bits per heavy atom. The van der Waals surface area contributed by atoms with Gasteiger partial charge in [0.25, 0.3) is 11.8 Å². The van der Waals surface area contributed by atoms with Crippen molar-refractivity contribution in [3.8, 4) is 0 Å². The lowest BCUT2D eigenvalue weighted by Crippen LogP contribution is -2.32. The van der Waals surface area contributed by atoms with Crippen LogP contribution in [-0.2, 0) is 4.74 Å². The maximum Gasteiger partial charge on any atom is 0.261 e. The van der Waals surface area contributed by atoms with E-state index in [0.29, 0.717) is 34.6 Å². The van der Waals surface area contributed by atoms with E-state index >= 15 is 0 Å². The Morgan fingerprint density at radius 1 is 1.31 bits per heavy atom. The van der Waals surface area contributed by atoms with Crippen molar-refractivity contribution in [1.29, 1.82) is 5.41 Å². The summed E-state index contributed by atoms with van der Waals surface area (Å²) in [6, 6.07) is 6.82. The Kier molecular flexibility index (Phi) is 6.11. The van der Waals surface area contributed by atoms with Gasteiger partial charge in [0.15, 0.2) is 0 Å². The molecule has 1 atom stereocenters. The molecule has 1 heterocycles. The number of nitrogens with two attached hydrogens (primary N) is 1. The molecule has 2 rings (SSSR count). The zero-order valence-electron chi connectivity index (χ0n) is 15.0. The van der Waals surface area contributed by atoms with Crippen molar-refractivity contribution < 1.29 is 14.3 Å². The number of allylic oxidation sites excluding steroid dienone is 4. The molecule has 26 heavy (non-hydrogen) atoms. The van der Waals surface area contributed by atoms with Crippen LogP contribution in [-0.4, -0.2) is 35.6 Å². The average Bonchev–Trinajstić information content (AvgIpc) is 2.88. The molecule has 0 spiro atoms. The number of carbonyl (C=O) groups is 2. The Hall–Kier alpha value is -3.15. The summed E-state index contributed by atoms with van der Waals surface area (Å²) >= 11 is 0. The fraction of sp³-hybridized carbons (Fsp3) is 0.250. The summed E-state index contributed by atoms with van der Waals surface area (Å²) in [7, 11) is 0. The molecule has 1 aliphatic heterocycles. The summed E-state index contributed by atoms with van der Waals surface area (Å²) in [6.07, 6.45) is 4.54. The highest BCUT2D eigenvalue weighted by molar-refractivity contribution is 6.21. The topological polar surface area (TPSA) is 96.5 Å². The first-order valence-corrected chi connectivity index (χ1v) is 8.31. The molecular formula is C20H23N3O3. The second-order valence-corrected chi connectivity index (χ2v) is 6.04. The molecule has 0 fully saturated rings. The van der Waals surface area contributed by atoms with E-state index in [0.717, 1.165) is 6.21 Å². The second-order valence-electron chi connectivity index (χ2n) is 6.04. The van der Waals surface area contributed by atoms with Crippen LogP contribution in [0.15, 0.2) is 60.0 Å². The average molecular weight is 353 g/mol. The van der Waals surface area contributed by atoms with Gasteiger partial charge in [0.05, 0.1) is 23.0 Å². The number of imide groups is 1. The van der Waals surface area contributed by atoms with Gasteiger partial charge in [-0.15, -0.1) is 0 Å². The summed E-state index contributed by atoms with van der Waals surface area (Å²) in [5.41, 5.74) is 7.54. The fourth-order valence-corrected chi connectivity index (χ4v) is 2.71. The number of ether oxygens (including phenoxy) is 1. The highest BCUT2D eigenvalue weighted by Crippen LogP contribution is 2.23. The predicted molar refractivity (Wildman–Crippen MR) is 101 cm³/mol. The summed E-state index contributed by atoms with van der Waals surface area (Å²) in [6.45, 7) is 7.48. The van der Waals surface area contributed by atoms with E-state index in [9.17, 15) is 9.59 Å². The summed E-state index contributed by atoms with van der Waals surface area (Å²) in [5.74, 6) is 0.0545. The molecule has 3 N–H and O–H groups in total. The van der Waals surface area contributed by atoms with E-state index in [-0.39, 0.29) is 24.5 Å². The predicted octanol–water partition coefficient (Wildman–Crippen LogP) is 3.03. The molecule has 1 unspecified atom stereocenters. The standard InChI is InChI=1S/C20H23N3O3/c1-4-18(22)15(12-21)11-14(3)26-13(2)9-10-23-19(24)16-7-5-6-8-17(16)20(23)25/h4-8,11-13,21H,1,9-10,22H2,2-3H3/b14-11+,18-15-,21-12?. The molecule has 1 aliphatic rings. The molecule has 0 saturated carbocycles. The van der Waals surface area contributed by atoms with Gasteiger partial charge >= 0.3 is 0 Å². The number of carbonyl (C=O) groups excluding carboxylic acids is 2. The molecule has 6 heteroatoms. The first kappa shape index (κ1) is 19.2. The molecule has 0 aromatic heterocycles. The zero-order chi connectivity index (χ0) is 19.3. The number of nitrogens with one attached hydrogen (secondary N) is 1. The molecule has 0 aliphatic carbocycles. The van der Waals surface area contributed by atoms with Gasteiger partial charge in [-0.2, -0.15) is 0 Å². The van der Waals surface area contributed by atoms with Crippen LogP contribution in [0.3, 0.4) is 0 Å². The normalized spacial score (nSPS) is 16.1. The van der Waals surface area contributed by atoms with E-state index in [4.69, 9.17) is 15.9 Å². The number of benzene rings is 1. The van der Waals surface area contributed by atoms with E-state index < -0.39 is 0 Å². The van der Waals surface area contributed by atoms with Gasteiger partial charge in [-0.1, -0.05) is 18.7 Å². The Balaban J connectivity index is 1.97. The summed E-state index contributed by atoms with van der Waals surface area (Å²) in [5, 5.41) is 7.38. The van der Waals surface area contributed by atoms with Crippen molar-refractivity contribution in [3.05, 3.63) is 71.2 Å². The van der Waals surface area contributed by atoms with E-state index in [1.165, 1.54) is 11.0 Å². The third-order valence-electron chi connectivity index (χ3n) is 4.09. The van der Waals surface area contributed by atoms with Gasteiger partial charge in [0, 0.05) is 30.5 Å². The fourth-order valence-electron chi connectivity index (χ4n) is 2.71. The first-order chi connectivity index (χ1) is 12.4. The molecule has 136 valence electrons. The minimum Gasteiger partial charge on any atom is -0.495 e. The minimum atomic E-state index is -0.266. The van der Waals surface area contributed by atoms with Crippen LogP contribution in [0.5, 0.6) is 0 Å². The van der Waals surface area contributed by atoms with Crippen molar-refractivity contribution in [1.82, 2.24) is 4.90 Å². The summed E-state index contributed by atoms with van der Waals surface area (Å²) < 4.78 is 5.77. The zero-order valence-corrected chi connectivity index (χ0v) is 15.0. The highest BCUT2D eigenvalue weighted by Gasteiger charge is 2.34. The number of hydrogen-bond donors (Lipinski definition) is 2. The maximum atomic E-state index is 12.3. The number of hydrogen-bond acceptors (Lipinski definition) is 5. The lowest BCUT2D eigenvalue weighted by atomic mass is 10.1. The maximum absolute atomic E-state index is 12.3. The quantitative estimate of drug-likeness (QED) is 0.325. The van der Waals surface area contributed by atoms with E-state index in [1.54, 1.807) is 37.3 Å². The van der Waals surface area contributed by atoms with Crippen LogP contribution >= 0.6 is 0 Å². The van der Waals surface area contributed by atoms with Crippen molar-refractivity contribution in [2.45, 2.75) is 26.4 Å². The van der Waals surface area contributed by atoms with Crippen LogP contribution < -0.4 is 5.73 Å². The molecule has 1 aromatic carbocycles. The lowest BCUT2D eigenvalue weighted by Gasteiger charge is -2.19. The lowest BCUT2D eigenvalue weighted by molar-refractivity contribution is 0.0609. The molecule has 0 saturated heterocycles. The second kappa shape index (κ2) is 8.29. The Labute approximate surface area is 153 Å². The van der Waals surface area contributed by atoms with Crippen LogP contribution in [0, 0.1) is 5.41 Å². The molecule has 0 radical (unpaired) electrons. The van der Waals surface area contributed by atoms with Crippen molar-refractivity contribution in [2.75, 3.05) is 6.54 Å². The highest BCUT2D eigenvalue weighted by atomic mass is 16.5. The minimum absolute atomic E-state index is 0.215. The van der Waals surface area contributed by atoms with Gasteiger partial charge < -0.3 is 15.9 Å². The van der Waals surface area contributed by atoms with Crippen molar-refractivity contribution in [3.63, 3.8) is 0 Å². The van der Waals surface area contributed by atoms with Crippen LogP contribution in [0.25, 0.3) is 0 Å². The van der Waals surface area contributed by atoms with Gasteiger partial charge in [-0.05, 0) is 38.1 Å². The van der Waals surface area contributed by atoms with Gasteiger partial charge in [0.1, 0.15) is 0 Å². The number of fused-ring (bicyclic) bond motifs is 1. The Bertz CT molecular complexity index is 773. The first-order valence-electron chi connectivity index (χ1n) is 8.31. The largest absolute Gasteiger partial charge is 0.495 e.